The van der Waals surface area contributed by atoms with E-state index < -0.39 is 0 Å². The number of benzene rings is 2. The van der Waals surface area contributed by atoms with Crippen LogP contribution in [0.4, 0.5) is 0 Å². The average molecular weight is 390 g/mol. The Kier molecular flexibility index (Phi) is 5.16. The molecule has 0 aliphatic heterocycles. The summed E-state index contributed by atoms with van der Waals surface area (Å²) < 4.78 is 5.44. The molecule has 1 heterocycles. The molecule has 3 nitrogen and oxygen atoms in total. The minimum atomic E-state index is -0.351. The molecule has 26 heavy (non-hydrogen) atoms. The smallest absolute Gasteiger partial charge is 0.336 e. The maximum absolute atomic E-state index is 12.0. The topological polar surface area (TPSA) is 42.2 Å². The van der Waals surface area contributed by atoms with Crippen molar-refractivity contribution < 1.29 is 4.42 Å². The van der Waals surface area contributed by atoms with Crippen LogP contribution < -0.4 is 10.9 Å². The molecule has 3 rings (SSSR count). The fraction of sp³-hybridized carbons (Fsp3) is 0.286. The van der Waals surface area contributed by atoms with Crippen molar-refractivity contribution in [3.05, 3.63) is 79.1 Å². The molecular weight excluding hydrogens is 369 g/mol. The van der Waals surface area contributed by atoms with Gasteiger partial charge in [0.1, 0.15) is 5.58 Å². The SMILES string of the molecule is Cc1ccc2c(CNC(C)(C)c3ccc(Cl)c(Cl)c3)cc(=O)oc2c1C. The van der Waals surface area contributed by atoms with Crippen LogP contribution in [-0.2, 0) is 12.1 Å². The molecule has 0 aliphatic carbocycles. The van der Waals surface area contributed by atoms with E-state index in [0.717, 1.165) is 27.6 Å². The monoisotopic (exact) mass is 389 g/mol. The van der Waals surface area contributed by atoms with E-state index >= 15 is 0 Å². The van der Waals surface area contributed by atoms with Crippen molar-refractivity contribution in [3.63, 3.8) is 0 Å². The van der Waals surface area contributed by atoms with Crippen LogP contribution in [0.3, 0.4) is 0 Å². The molecule has 0 radical (unpaired) electrons. The number of hydrogen-bond acceptors (Lipinski definition) is 3. The largest absolute Gasteiger partial charge is 0.422 e. The summed E-state index contributed by atoms with van der Waals surface area (Å²) in [5.41, 5.74) is 3.99. The lowest BCUT2D eigenvalue weighted by molar-refractivity contribution is 0.401. The Balaban J connectivity index is 1.95. The molecule has 0 spiro atoms. The van der Waals surface area contributed by atoms with Crippen LogP contribution in [0.5, 0.6) is 0 Å². The molecule has 136 valence electrons. The van der Waals surface area contributed by atoms with E-state index in [1.807, 2.05) is 38.1 Å². The lowest BCUT2D eigenvalue weighted by Gasteiger charge is -2.28. The lowest BCUT2D eigenvalue weighted by Crippen LogP contribution is -2.36. The van der Waals surface area contributed by atoms with E-state index in [2.05, 4.69) is 19.2 Å². The van der Waals surface area contributed by atoms with Crippen LogP contribution in [0.25, 0.3) is 11.0 Å². The molecule has 0 saturated heterocycles. The highest BCUT2D eigenvalue weighted by Crippen LogP contribution is 2.29. The number of nitrogens with one attached hydrogen (secondary N) is 1. The summed E-state index contributed by atoms with van der Waals surface area (Å²) in [5.74, 6) is 0. The van der Waals surface area contributed by atoms with Gasteiger partial charge in [0.2, 0.25) is 0 Å². The van der Waals surface area contributed by atoms with E-state index in [0.29, 0.717) is 22.2 Å². The van der Waals surface area contributed by atoms with E-state index in [1.165, 1.54) is 0 Å². The van der Waals surface area contributed by atoms with E-state index in [4.69, 9.17) is 27.6 Å². The first-order chi connectivity index (χ1) is 12.2. The standard InChI is InChI=1S/C21H21Cl2NO2/c1-12-5-7-16-14(9-19(25)26-20(16)13(12)2)11-24-21(3,4)15-6-8-17(22)18(23)10-15/h5-10,24H,11H2,1-4H3. The molecule has 0 aliphatic rings. The third-order valence-corrected chi connectivity index (χ3v) is 5.62. The zero-order chi connectivity index (χ0) is 19.1. The van der Waals surface area contributed by atoms with Gasteiger partial charge in [-0.15, -0.1) is 0 Å². The molecule has 5 heteroatoms. The molecular formula is C21H21Cl2NO2. The van der Waals surface area contributed by atoms with E-state index in [1.54, 1.807) is 12.1 Å². The van der Waals surface area contributed by atoms with Crippen molar-refractivity contribution in [2.45, 2.75) is 39.8 Å². The van der Waals surface area contributed by atoms with Gasteiger partial charge in [-0.3, -0.25) is 0 Å². The van der Waals surface area contributed by atoms with Crippen LogP contribution in [0, 0.1) is 13.8 Å². The van der Waals surface area contributed by atoms with Gasteiger partial charge in [-0.25, -0.2) is 4.79 Å². The zero-order valence-electron chi connectivity index (χ0n) is 15.2. The van der Waals surface area contributed by atoms with Gasteiger partial charge in [-0.05, 0) is 62.1 Å². The lowest BCUT2D eigenvalue weighted by atomic mass is 9.93. The van der Waals surface area contributed by atoms with E-state index in [-0.39, 0.29) is 11.2 Å². The Hall–Kier alpha value is -1.81. The molecule has 0 bridgehead atoms. The first kappa shape index (κ1) is 19.0. The Morgan fingerprint density at radius 2 is 1.77 bits per heavy atom. The molecule has 0 amide bonds. The summed E-state index contributed by atoms with van der Waals surface area (Å²) in [5, 5.41) is 5.51. The number of rotatable bonds is 4. The Labute approximate surface area is 162 Å². The van der Waals surface area contributed by atoms with Crippen molar-refractivity contribution in [1.29, 1.82) is 0 Å². The number of fused-ring (bicyclic) bond motifs is 1. The van der Waals surface area contributed by atoms with Gasteiger partial charge in [0.25, 0.3) is 0 Å². The Morgan fingerprint density at radius 1 is 1.04 bits per heavy atom. The maximum Gasteiger partial charge on any atom is 0.336 e. The van der Waals surface area contributed by atoms with Gasteiger partial charge in [0.15, 0.2) is 0 Å². The second-order valence-electron chi connectivity index (χ2n) is 7.08. The summed E-state index contributed by atoms with van der Waals surface area (Å²) in [6, 6.07) is 11.2. The summed E-state index contributed by atoms with van der Waals surface area (Å²) in [6.07, 6.45) is 0. The summed E-state index contributed by atoms with van der Waals surface area (Å²) in [6.45, 7) is 8.63. The Morgan fingerprint density at radius 3 is 2.46 bits per heavy atom. The number of hydrogen-bond donors (Lipinski definition) is 1. The van der Waals surface area contributed by atoms with Crippen LogP contribution in [-0.4, -0.2) is 0 Å². The fourth-order valence-corrected chi connectivity index (χ4v) is 3.27. The minimum absolute atomic E-state index is 0.338. The maximum atomic E-state index is 12.0. The molecule has 0 saturated carbocycles. The molecule has 3 aromatic rings. The van der Waals surface area contributed by atoms with Crippen molar-refractivity contribution in [3.8, 4) is 0 Å². The van der Waals surface area contributed by atoms with Crippen LogP contribution in [0.1, 0.15) is 36.1 Å². The first-order valence-electron chi connectivity index (χ1n) is 8.42. The normalized spacial score (nSPS) is 11.9. The third-order valence-electron chi connectivity index (χ3n) is 4.88. The minimum Gasteiger partial charge on any atom is -0.422 e. The summed E-state index contributed by atoms with van der Waals surface area (Å²) in [4.78, 5) is 12.0. The zero-order valence-corrected chi connectivity index (χ0v) is 16.8. The highest BCUT2D eigenvalue weighted by molar-refractivity contribution is 6.42. The molecule has 0 atom stereocenters. The number of halogens is 2. The van der Waals surface area contributed by atoms with Crippen LogP contribution in [0.2, 0.25) is 10.0 Å². The first-order valence-corrected chi connectivity index (χ1v) is 9.18. The Bertz CT molecular complexity index is 1040. The van der Waals surface area contributed by atoms with Crippen LogP contribution in [0.15, 0.2) is 45.6 Å². The van der Waals surface area contributed by atoms with Crippen LogP contribution >= 0.6 is 23.2 Å². The van der Waals surface area contributed by atoms with Gasteiger partial charge in [-0.2, -0.15) is 0 Å². The summed E-state index contributed by atoms with van der Waals surface area (Å²) >= 11 is 12.2. The average Bonchev–Trinajstić information content (AvgIpc) is 2.59. The van der Waals surface area contributed by atoms with Crippen molar-refractivity contribution in [2.24, 2.45) is 0 Å². The quantitative estimate of drug-likeness (QED) is 0.578. The predicted molar refractivity (Wildman–Crippen MR) is 108 cm³/mol. The second kappa shape index (κ2) is 7.07. The fourth-order valence-electron chi connectivity index (χ4n) is 2.97. The molecule has 2 aromatic carbocycles. The van der Waals surface area contributed by atoms with Gasteiger partial charge in [-0.1, -0.05) is 41.4 Å². The highest BCUT2D eigenvalue weighted by Gasteiger charge is 2.21. The van der Waals surface area contributed by atoms with E-state index in [9.17, 15) is 4.79 Å². The molecule has 0 unspecified atom stereocenters. The van der Waals surface area contributed by atoms with Gasteiger partial charge in [0, 0.05) is 23.5 Å². The van der Waals surface area contributed by atoms with Crippen molar-refractivity contribution in [1.82, 2.24) is 5.32 Å². The molecule has 1 N–H and O–H groups in total. The number of aryl methyl sites for hydroxylation is 2. The predicted octanol–water partition coefficient (Wildman–Crippen LogP) is 5.74. The third kappa shape index (κ3) is 3.66. The highest BCUT2D eigenvalue weighted by atomic mass is 35.5. The van der Waals surface area contributed by atoms with Crippen molar-refractivity contribution in [2.75, 3.05) is 0 Å². The molecule has 1 aromatic heterocycles. The summed E-state index contributed by atoms with van der Waals surface area (Å²) in [7, 11) is 0. The molecule has 0 fully saturated rings. The van der Waals surface area contributed by atoms with Gasteiger partial charge < -0.3 is 9.73 Å². The second-order valence-corrected chi connectivity index (χ2v) is 7.90. The van der Waals surface area contributed by atoms with Crippen molar-refractivity contribution >= 4 is 34.2 Å². The van der Waals surface area contributed by atoms with Gasteiger partial charge >= 0.3 is 5.63 Å². The van der Waals surface area contributed by atoms with Gasteiger partial charge in [0.05, 0.1) is 10.0 Å².